The summed E-state index contributed by atoms with van der Waals surface area (Å²) in [7, 11) is 0. The number of aromatic nitrogens is 1. The molecule has 196 valence electrons. The minimum Gasteiger partial charge on any atom is -0.478 e. The molecule has 37 heavy (non-hydrogen) atoms. The van der Waals surface area contributed by atoms with E-state index in [2.05, 4.69) is 9.72 Å². The van der Waals surface area contributed by atoms with Gasteiger partial charge in [0.25, 0.3) is 0 Å². The van der Waals surface area contributed by atoms with Crippen molar-refractivity contribution in [3.05, 3.63) is 83.6 Å². The molecular weight excluding hydrogens is 489 g/mol. The Morgan fingerprint density at radius 1 is 0.892 bits per heavy atom. The van der Waals surface area contributed by atoms with Crippen molar-refractivity contribution in [2.45, 2.75) is 45.7 Å². The molecule has 0 radical (unpaired) electrons. The first-order valence-corrected chi connectivity index (χ1v) is 11.4. The van der Waals surface area contributed by atoms with E-state index in [9.17, 15) is 27.9 Å². The maximum atomic E-state index is 12.5. The number of benzene rings is 2. The van der Waals surface area contributed by atoms with Gasteiger partial charge in [0.05, 0.1) is 0 Å². The first kappa shape index (κ1) is 27.5. The summed E-state index contributed by atoms with van der Waals surface area (Å²) < 4.78 is 46.9. The van der Waals surface area contributed by atoms with Crippen LogP contribution < -0.4 is 14.4 Å². The van der Waals surface area contributed by atoms with Crippen molar-refractivity contribution in [3.8, 4) is 11.5 Å². The number of carbonyl (C=O) groups is 2. The normalized spacial score (nSPS) is 11.6. The van der Waals surface area contributed by atoms with Crippen molar-refractivity contribution < 1.29 is 37.3 Å². The van der Waals surface area contributed by atoms with Gasteiger partial charge in [0.15, 0.2) is 11.4 Å². The second-order valence-corrected chi connectivity index (χ2v) is 8.89. The molecule has 1 aromatic heterocycles. The van der Waals surface area contributed by atoms with Crippen LogP contribution in [-0.4, -0.2) is 40.4 Å². The molecule has 1 N–H and O–H groups in total. The summed E-state index contributed by atoms with van der Waals surface area (Å²) in [6.07, 6.45) is -2.69. The summed E-state index contributed by atoms with van der Waals surface area (Å²) in [5, 5.41) is 9.23. The number of carbonyl (C=O) groups excluding carboxylic acids is 1. The lowest BCUT2D eigenvalue weighted by atomic mass is 10.1. The van der Waals surface area contributed by atoms with Gasteiger partial charge in [-0.3, -0.25) is 4.79 Å². The standard InChI is InChI=1S/C27H27F3N2O5/c1-18(33)21-8-13-24(31-16-21)32(17-20-6-11-23(12-7-20)37-27(28,29)30)15-14-19-4-9-22(10-5-19)36-26(2,3)25(34)35/h4-13,16H,14-15,17H2,1-3H3,(H,34,35). The minimum absolute atomic E-state index is 0.112. The monoisotopic (exact) mass is 516 g/mol. The molecule has 0 spiro atoms. The van der Waals surface area contributed by atoms with Crippen LogP contribution in [0.1, 0.15) is 42.3 Å². The van der Waals surface area contributed by atoms with Crippen LogP contribution in [0.15, 0.2) is 66.9 Å². The second-order valence-electron chi connectivity index (χ2n) is 8.89. The van der Waals surface area contributed by atoms with Crippen molar-refractivity contribution in [2.75, 3.05) is 11.4 Å². The summed E-state index contributed by atoms with van der Waals surface area (Å²) in [6.45, 7) is 5.24. The van der Waals surface area contributed by atoms with Gasteiger partial charge >= 0.3 is 12.3 Å². The zero-order chi connectivity index (χ0) is 27.2. The number of carboxylic acids is 1. The van der Waals surface area contributed by atoms with Crippen LogP contribution in [-0.2, 0) is 17.8 Å². The molecule has 2 aromatic carbocycles. The van der Waals surface area contributed by atoms with Crippen LogP contribution in [0.4, 0.5) is 19.0 Å². The molecule has 0 aliphatic carbocycles. The summed E-state index contributed by atoms with van der Waals surface area (Å²) in [4.78, 5) is 29.3. The van der Waals surface area contributed by atoms with Gasteiger partial charge in [0, 0.05) is 24.8 Å². The van der Waals surface area contributed by atoms with E-state index in [4.69, 9.17) is 4.74 Å². The zero-order valence-electron chi connectivity index (χ0n) is 20.6. The predicted molar refractivity (Wildman–Crippen MR) is 131 cm³/mol. The number of carboxylic acid groups (broad SMARTS) is 1. The number of nitrogens with zero attached hydrogens (tertiary/aromatic N) is 2. The smallest absolute Gasteiger partial charge is 0.478 e. The molecule has 3 aromatic rings. The number of pyridine rings is 1. The third-order valence-corrected chi connectivity index (χ3v) is 5.49. The molecule has 0 saturated heterocycles. The zero-order valence-corrected chi connectivity index (χ0v) is 20.6. The largest absolute Gasteiger partial charge is 0.573 e. The summed E-state index contributed by atoms with van der Waals surface area (Å²) >= 11 is 0. The highest BCUT2D eigenvalue weighted by molar-refractivity contribution is 5.93. The fourth-order valence-corrected chi connectivity index (χ4v) is 3.40. The predicted octanol–water partition coefficient (Wildman–Crippen LogP) is 5.67. The van der Waals surface area contributed by atoms with Crippen LogP contribution in [0.2, 0.25) is 0 Å². The Kier molecular flexibility index (Phi) is 8.42. The molecule has 10 heteroatoms. The van der Waals surface area contributed by atoms with E-state index < -0.39 is 17.9 Å². The number of halogens is 3. The number of Topliss-reactive ketones (excluding diaryl/α,β-unsaturated/α-hetero) is 1. The fraction of sp³-hybridized carbons (Fsp3) is 0.296. The third-order valence-electron chi connectivity index (χ3n) is 5.49. The molecule has 0 bridgehead atoms. The summed E-state index contributed by atoms with van der Waals surface area (Å²) in [5.41, 5.74) is 0.806. The van der Waals surface area contributed by atoms with Crippen molar-refractivity contribution >= 4 is 17.6 Å². The molecule has 7 nitrogen and oxygen atoms in total. The maximum Gasteiger partial charge on any atom is 0.573 e. The van der Waals surface area contributed by atoms with Gasteiger partial charge in [-0.05, 0) is 74.7 Å². The average Bonchev–Trinajstić information content (AvgIpc) is 2.82. The topological polar surface area (TPSA) is 89.0 Å². The van der Waals surface area contributed by atoms with Crippen molar-refractivity contribution in [1.82, 2.24) is 4.98 Å². The van der Waals surface area contributed by atoms with Crippen LogP contribution in [0, 0.1) is 0 Å². The first-order valence-electron chi connectivity index (χ1n) is 11.4. The van der Waals surface area contributed by atoms with Gasteiger partial charge in [0.2, 0.25) is 0 Å². The van der Waals surface area contributed by atoms with Crippen LogP contribution in [0.3, 0.4) is 0 Å². The third kappa shape index (κ3) is 8.23. The Bertz CT molecular complexity index is 1210. The highest BCUT2D eigenvalue weighted by atomic mass is 19.4. The van der Waals surface area contributed by atoms with Crippen LogP contribution >= 0.6 is 0 Å². The van der Waals surface area contributed by atoms with Crippen LogP contribution in [0.5, 0.6) is 11.5 Å². The van der Waals surface area contributed by atoms with Gasteiger partial charge in [-0.25, -0.2) is 9.78 Å². The van der Waals surface area contributed by atoms with Gasteiger partial charge < -0.3 is 19.5 Å². The molecule has 0 unspecified atom stereocenters. The number of anilines is 1. The lowest BCUT2D eigenvalue weighted by Crippen LogP contribution is -2.37. The molecular formula is C27H27F3N2O5. The molecule has 0 amide bonds. The number of ketones is 1. The highest BCUT2D eigenvalue weighted by Gasteiger charge is 2.31. The van der Waals surface area contributed by atoms with E-state index >= 15 is 0 Å². The molecule has 3 rings (SSSR count). The molecule has 1 heterocycles. The van der Waals surface area contributed by atoms with Gasteiger partial charge in [0.1, 0.15) is 17.3 Å². The molecule has 0 fully saturated rings. The Balaban J connectivity index is 1.74. The van der Waals surface area contributed by atoms with E-state index in [1.807, 2.05) is 17.0 Å². The van der Waals surface area contributed by atoms with Crippen molar-refractivity contribution in [3.63, 3.8) is 0 Å². The Morgan fingerprint density at radius 2 is 1.46 bits per heavy atom. The van der Waals surface area contributed by atoms with Crippen molar-refractivity contribution in [1.29, 1.82) is 0 Å². The van der Waals surface area contributed by atoms with Gasteiger partial charge in [-0.15, -0.1) is 13.2 Å². The number of rotatable bonds is 11. The van der Waals surface area contributed by atoms with E-state index in [0.717, 1.165) is 11.1 Å². The average molecular weight is 517 g/mol. The van der Waals surface area contributed by atoms with Crippen LogP contribution in [0.25, 0.3) is 0 Å². The van der Waals surface area contributed by atoms with Gasteiger partial charge in [-0.1, -0.05) is 24.3 Å². The Hall–Kier alpha value is -4.08. The molecule has 0 aliphatic rings. The van der Waals surface area contributed by atoms with E-state index in [0.29, 0.717) is 36.6 Å². The molecule has 0 saturated carbocycles. The van der Waals surface area contributed by atoms with Crippen molar-refractivity contribution in [2.24, 2.45) is 0 Å². The number of alkyl halides is 3. The number of hydrogen-bond acceptors (Lipinski definition) is 6. The number of aliphatic carboxylic acids is 1. The Labute approximate surface area is 212 Å². The molecule has 0 aliphatic heterocycles. The number of ether oxygens (including phenoxy) is 2. The molecule has 0 atom stereocenters. The fourth-order valence-electron chi connectivity index (χ4n) is 3.40. The minimum atomic E-state index is -4.76. The van der Waals surface area contributed by atoms with E-state index in [1.165, 1.54) is 39.1 Å². The van der Waals surface area contributed by atoms with E-state index in [-0.39, 0.29) is 11.5 Å². The van der Waals surface area contributed by atoms with E-state index in [1.54, 1.807) is 36.4 Å². The maximum absolute atomic E-state index is 12.5. The lowest BCUT2D eigenvalue weighted by Gasteiger charge is -2.25. The summed E-state index contributed by atoms with van der Waals surface area (Å²) in [5.74, 6) is -0.465. The summed E-state index contributed by atoms with van der Waals surface area (Å²) in [6, 6.07) is 16.1. The number of hydrogen-bond donors (Lipinski definition) is 1. The Morgan fingerprint density at radius 3 is 1.95 bits per heavy atom. The second kappa shape index (κ2) is 11.3. The first-order chi connectivity index (χ1) is 17.3. The lowest BCUT2D eigenvalue weighted by molar-refractivity contribution is -0.274. The quantitative estimate of drug-likeness (QED) is 0.328. The SMILES string of the molecule is CC(=O)c1ccc(N(CCc2ccc(OC(C)(C)C(=O)O)cc2)Cc2ccc(OC(F)(F)F)cc2)nc1. The highest BCUT2D eigenvalue weighted by Crippen LogP contribution is 2.24. The van der Waals surface area contributed by atoms with Gasteiger partial charge in [-0.2, -0.15) is 0 Å².